The number of carbonyl (C=O) groups is 1. The van der Waals surface area contributed by atoms with Crippen molar-refractivity contribution in [3.05, 3.63) is 11.6 Å². The SMILES string of the molecule is C[C@@]12CCC3(CC1=CC(=O)[C@H]1[C@H]2CC[C@]2(C)[C@@H]1CCC21OCCO1)OCCO3. The average molecular weight is 389 g/mol. The van der Waals surface area contributed by atoms with E-state index in [0.717, 1.165) is 44.9 Å². The molecule has 2 saturated heterocycles. The maximum absolute atomic E-state index is 13.5. The first-order chi connectivity index (χ1) is 13.4. The number of hydrogen-bond acceptors (Lipinski definition) is 5. The van der Waals surface area contributed by atoms with Crippen LogP contribution in [-0.2, 0) is 23.7 Å². The van der Waals surface area contributed by atoms with Crippen molar-refractivity contribution >= 4 is 5.78 Å². The number of rotatable bonds is 0. The summed E-state index contributed by atoms with van der Waals surface area (Å²) >= 11 is 0. The van der Waals surface area contributed by atoms with Gasteiger partial charge in [0.25, 0.3) is 0 Å². The fraction of sp³-hybridized carbons (Fsp3) is 0.870. The van der Waals surface area contributed by atoms with Gasteiger partial charge in [0, 0.05) is 30.6 Å². The molecular weight excluding hydrogens is 356 g/mol. The Balaban J connectivity index is 1.36. The minimum Gasteiger partial charge on any atom is -0.347 e. The van der Waals surface area contributed by atoms with E-state index in [1.807, 2.05) is 6.08 Å². The van der Waals surface area contributed by atoms with Gasteiger partial charge in [0.15, 0.2) is 17.4 Å². The fourth-order valence-corrected chi connectivity index (χ4v) is 7.98. The quantitative estimate of drug-likeness (QED) is 0.634. The van der Waals surface area contributed by atoms with Gasteiger partial charge in [-0.25, -0.2) is 0 Å². The third-order valence-electron chi connectivity index (χ3n) is 9.56. The lowest BCUT2D eigenvalue weighted by atomic mass is 9.47. The topological polar surface area (TPSA) is 54.0 Å². The first-order valence-electron chi connectivity index (χ1n) is 11.2. The van der Waals surface area contributed by atoms with Gasteiger partial charge in [0.2, 0.25) is 0 Å². The van der Waals surface area contributed by atoms with Crippen LogP contribution >= 0.6 is 0 Å². The highest BCUT2D eigenvalue weighted by atomic mass is 16.7. The molecule has 6 rings (SSSR count). The zero-order valence-electron chi connectivity index (χ0n) is 17.1. The molecule has 0 amide bonds. The molecule has 0 aromatic carbocycles. The van der Waals surface area contributed by atoms with E-state index in [4.69, 9.17) is 18.9 Å². The van der Waals surface area contributed by atoms with Gasteiger partial charge in [-0.1, -0.05) is 19.4 Å². The maximum atomic E-state index is 13.5. The monoisotopic (exact) mass is 388 g/mol. The third kappa shape index (κ3) is 2.09. The molecule has 5 heteroatoms. The standard InChI is InChI=1S/C23H32O5/c1-20-7-8-22(25-9-10-26-22)14-15(20)13-18(24)19-16(20)3-5-21(2)17(19)4-6-23(21)27-11-12-28-23/h13,16-17,19H,3-12,14H2,1-2H3/t16-,17-,19+,20-,21-/m1/s1. The van der Waals surface area contributed by atoms with Crippen molar-refractivity contribution < 1.29 is 23.7 Å². The first-order valence-corrected chi connectivity index (χ1v) is 11.2. The zero-order chi connectivity index (χ0) is 19.2. The van der Waals surface area contributed by atoms with Gasteiger partial charge < -0.3 is 18.9 Å². The maximum Gasteiger partial charge on any atom is 0.174 e. The van der Waals surface area contributed by atoms with Crippen molar-refractivity contribution in [3.8, 4) is 0 Å². The summed E-state index contributed by atoms with van der Waals surface area (Å²) in [4.78, 5) is 13.5. The van der Waals surface area contributed by atoms with E-state index < -0.39 is 11.6 Å². The molecule has 154 valence electrons. The Morgan fingerprint density at radius 1 is 0.857 bits per heavy atom. The van der Waals surface area contributed by atoms with Gasteiger partial charge in [-0.05, 0) is 49.0 Å². The zero-order valence-corrected chi connectivity index (χ0v) is 17.1. The Morgan fingerprint density at radius 2 is 1.54 bits per heavy atom. The molecule has 2 spiro atoms. The summed E-state index contributed by atoms with van der Waals surface area (Å²) in [7, 11) is 0. The van der Waals surface area contributed by atoms with Crippen molar-refractivity contribution in [1.29, 1.82) is 0 Å². The van der Waals surface area contributed by atoms with E-state index >= 15 is 0 Å². The predicted molar refractivity (Wildman–Crippen MR) is 101 cm³/mol. The van der Waals surface area contributed by atoms with E-state index in [2.05, 4.69) is 13.8 Å². The van der Waals surface area contributed by atoms with Crippen LogP contribution < -0.4 is 0 Å². The summed E-state index contributed by atoms with van der Waals surface area (Å²) in [5, 5.41) is 0. The van der Waals surface area contributed by atoms with Crippen molar-refractivity contribution in [2.24, 2.45) is 28.6 Å². The van der Waals surface area contributed by atoms with E-state index in [0.29, 0.717) is 44.0 Å². The molecule has 0 N–H and O–H groups in total. The summed E-state index contributed by atoms with van der Waals surface area (Å²) in [6.07, 6.45) is 8.89. The van der Waals surface area contributed by atoms with Crippen molar-refractivity contribution in [2.45, 2.75) is 70.4 Å². The first kappa shape index (κ1) is 18.1. The number of hydrogen-bond donors (Lipinski definition) is 0. The highest BCUT2D eigenvalue weighted by Gasteiger charge is 2.68. The molecular formula is C23H32O5. The van der Waals surface area contributed by atoms with Crippen LogP contribution in [0.4, 0.5) is 0 Å². The van der Waals surface area contributed by atoms with Gasteiger partial charge in [0.05, 0.1) is 26.4 Å². The number of ether oxygens (including phenoxy) is 4. The average Bonchev–Trinajstić information content (AvgIpc) is 3.39. The normalized spacial score (nSPS) is 48.4. The summed E-state index contributed by atoms with van der Waals surface area (Å²) in [5.41, 5.74) is 1.32. The summed E-state index contributed by atoms with van der Waals surface area (Å²) < 4.78 is 24.4. The largest absolute Gasteiger partial charge is 0.347 e. The van der Waals surface area contributed by atoms with E-state index in [9.17, 15) is 4.79 Å². The number of allylic oxidation sites excluding steroid dienone is 1. The lowest BCUT2D eigenvalue weighted by Gasteiger charge is -2.58. The second-order valence-electron chi connectivity index (χ2n) is 10.5. The molecule has 6 aliphatic rings. The van der Waals surface area contributed by atoms with Gasteiger partial charge >= 0.3 is 0 Å². The van der Waals surface area contributed by atoms with Crippen molar-refractivity contribution in [2.75, 3.05) is 26.4 Å². The van der Waals surface area contributed by atoms with E-state index in [1.165, 1.54) is 5.57 Å². The Bertz CT molecular complexity index is 731. The molecule has 2 heterocycles. The van der Waals surface area contributed by atoms with Crippen LogP contribution in [0, 0.1) is 28.6 Å². The highest BCUT2D eigenvalue weighted by molar-refractivity contribution is 5.94. The van der Waals surface area contributed by atoms with E-state index in [-0.39, 0.29) is 16.7 Å². The molecule has 0 radical (unpaired) electrons. The van der Waals surface area contributed by atoms with Gasteiger partial charge in [-0.2, -0.15) is 0 Å². The number of fused-ring (bicyclic) bond motifs is 6. The Labute approximate surface area is 167 Å². The van der Waals surface area contributed by atoms with Crippen LogP contribution in [0.3, 0.4) is 0 Å². The molecule has 2 aliphatic heterocycles. The summed E-state index contributed by atoms with van der Waals surface area (Å²) in [6.45, 7) is 7.46. The third-order valence-corrected chi connectivity index (χ3v) is 9.56. The molecule has 0 aromatic heterocycles. The van der Waals surface area contributed by atoms with Crippen LogP contribution in [0.2, 0.25) is 0 Å². The van der Waals surface area contributed by atoms with Gasteiger partial charge in [-0.3, -0.25) is 4.79 Å². The summed E-state index contributed by atoms with van der Waals surface area (Å²) in [6, 6.07) is 0. The molecule has 0 unspecified atom stereocenters. The smallest absolute Gasteiger partial charge is 0.174 e. The second-order valence-corrected chi connectivity index (χ2v) is 10.5. The molecule has 3 saturated carbocycles. The molecule has 5 atom stereocenters. The van der Waals surface area contributed by atoms with Gasteiger partial charge in [0.1, 0.15) is 0 Å². The molecule has 4 aliphatic carbocycles. The Morgan fingerprint density at radius 3 is 2.29 bits per heavy atom. The second kappa shape index (κ2) is 5.69. The van der Waals surface area contributed by atoms with Crippen LogP contribution in [0.5, 0.6) is 0 Å². The van der Waals surface area contributed by atoms with Crippen molar-refractivity contribution in [1.82, 2.24) is 0 Å². The minimum atomic E-state index is -0.468. The number of carbonyl (C=O) groups excluding carboxylic acids is 1. The van der Waals surface area contributed by atoms with Crippen LogP contribution in [0.15, 0.2) is 11.6 Å². The lowest BCUT2D eigenvalue weighted by Crippen LogP contribution is -2.57. The predicted octanol–water partition coefficient (Wildman–Crippen LogP) is 3.61. The molecule has 28 heavy (non-hydrogen) atoms. The van der Waals surface area contributed by atoms with Crippen molar-refractivity contribution in [3.63, 3.8) is 0 Å². The van der Waals surface area contributed by atoms with Crippen LogP contribution in [0.1, 0.15) is 58.8 Å². The molecule has 5 fully saturated rings. The highest BCUT2D eigenvalue weighted by Crippen LogP contribution is 2.68. The van der Waals surface area contributed by atoms with Gasteiger partial charge in [-0.15, -0.1) is 0 Å². The molecule has 5 nitrogen and oxygen atoms in total. The van der Waals surface area contributed by atoms with Crippen LogP contribution in [0.25, 0.3) is 0 Å². The van der Waals surface area contributed by atoms with E-state index in [1.54, 1.807) is 0 Å². The lowest BCUT2D eigenvalue weighted by molar-refractivity contribution is -0.242. The summed E-state index contributed by atoms with van der Waals surface area (Å²) in [5.74, 6) is 0.313. The molecule has 0 aromatic rings. The Hall–Kier alpha value is -0.750. The number of ketones is 1. The Kier molecular flexibility index (Phi) is 3.67. The fourth-order valence-electron chi connectivity index (χ4n) is 7.98. The molecule has 0 bridgehead atoms. The van der Waals surface area contributed by atoms with Crippen LogP contribution in [-0.4, -0.2) is 43.8 Å². The minimum absolute atomic E-state index is 0.0460.